The first-order valence-corrected chi connectivity index (χ1v) is 8.19. The van der Waals surface area contributed by atoms with Gasteiger partial charge in [-0.05, 0) is 61.4 Å². The van der Waals surface area contributed by atoms with Crippen molar-refractivity contribution in [3.63, 3.8) is 0 Å². The summed E-state index contributed by atoms with van der Waals surface area (Å²) in [6.07, 6.45) is 3.22. The fraction of sp³-hybridized carbons (Fsp3) is 0.588. The highest BCUT2D eigenvalue weighted by atomic mass is 35.5. The fourth-order valence-corrected chi connectivity index (χ4v) is 3.43. The zero-order chi connectivity index (χ0) is 14.9. The van der Waals surface area contributed by atoms with Crippen molar-refractivity contribution in [2.45, 2.75) is 32.1 Å². The summed E-state index contributed by atoms with van der Waals surface area (Å²) in [5.41, 5.74) is 1.44. The van der Waals surface area contributed by atoms with Gasteiger partial charge in [-0.1, -0.05) is 30.7 Å². The molecule has 21 heavy (non-hydrogen) atoms. The van der Waals surface area contributed by atoms with Crippen molar-refractivity contribution < 1.29 is 4.79 Å². The van der Waals surface area contributed by atoms with Crippen LogP contribution < -0.4 is 10.6 Å². The molecule has 3 nitrogen and oxygen atoms in total. The number of piperidine rings is 1. The second-order valence-electron chi connectivity index (χ2n) is 6.78. The number of hydrogen-bond donors (Lipinski definition) is 2. The molecule has 1 aliphatic heterocycles. The zero-order valence-electron chi connectivity index (χ0n) is 12.5. The normalized spacial score (nSPS) is 27.1. The highest BCUT2D eigenvalue weighted by molar-refractivity contribution is 6.30. The Kier molecular flexibility index (Phi) is 4.23. The van der Waals surface area contributed by atoms with E-state index in [9.17, 15) is 4.79 Å². The molecule has 0 aromatic heterocycles. The van der Waals surface area contributed by atoms with E-state index in [1.165, 1.54) is 5.56 Å². The van der Waals surface area contributed by atoms with Gasteiger partial charge in [-0.3, -0.25) is 4.79 Å². The lowest BCUT2D eigenvalue weighted by molar-refractivity contribution is -0.123. The standard InChI is InChI=1S/C17H23ClN2O/c1-17(5-7-19-8-6-17)11-20-16(21)15-10-14(15)12-3-2-4-13(18)9-12/h2-4,9,14-15,19H,5-8,10-11H2,1H3,(H,20,21). The first kappa shape index (κ1) is 14.9. The van der Waals surface area contributed by atoms with Crippen molar-refractivity contribution in [2.24, 2.45) is 11.3 Å². The Morgan fingerprint density at radius 2 is 2.19 bits per heavy atom. The third-order valence-electron chi connectivity index (χ3n) is 4.90. The maximum absolute atomic E-state index is 12.3. The average Bonchev–Trinajstić information content (AvgIpc) is 3.26. The minimum absolute atomic E-state index is 0.133. The van der Waals surface area contributed by atoms with E-state index in [2.05, 4.69) is 23.6 Å². The lowest BCUT2D eigenvalue weighted by Crippen LogP contribution is -2.43. The van der Waals surface area contributed by atoms with Crippen molar-refractivity contribution in [3.8, 4) is 0 Å². The van der Waals surface area contributed by atoms with Crippen LogP contribution in [0.4, 0.5) is 0 Å². The van der Waals surface area contributed by atoms with Gasteiger partial charge in [-0.25, -0.2) is 0 Å². The molecule has 2 unspecified atom stereocenters. The molecule has 1 saturated carbocycles. The van der Waals surface area contributed by atoms with Crippen LogP contribution >= 0.6 is 11.6 Å². The number of rotatable bonds is 4. The second-order valence-corrected chi connectivity index (χ2v) is 7.22. The molecule has 1 amide bonds. The van der Waals surface area contributed by atoms with Gasteiger partial charge in [0.2, 0.25) is 5.91 Å². The quantitative estimate of drug-likeness (QED) is 0.898. The molecule has 0 bridgehead atoms. The second kappa shape index (κ2) is 5.98. The maximum Gasteiger partial charge on any atom is 0.223 e. The SMILES string of the molecule is CC1(CNC(=O)C2CC2c2cccc(Cl)c2)CCNCC1. The number of amides is 1. The van der Waals surface area contributed by atoms with E-state index in [0.29, 0.717) is 5.92 Å². The van der Waals surface area contributed by atoms with E-state index in [-0.39, 0.29) is 17.2 Å². The Labute approximate surface area is 131 Å². The summed E-state index contributed by atoms with van der Waals surface area (Å²) in [4.78, 5) is 12.3. The number of nitrogens with one attached hydrogen (secondary N) is 2. The van der Waals surface area contributed by atoms with Gasteiger partial charge in [0.1, 0.15) is 0 Å². The van der Waals surface area contributed by atoms with Gasteiger partial charge in [0.25, 0.3) is 0 Å². The summed E-state index contributed by atoms with van der Waals surface area (Å²) < 4.78 is 0. The Morgan fingerprint density at radius 1 is 1.43 bits per heavy atom. The summed E-state index contributed by atoms with van der Waals surface area (Å²) in [6, 6.07) is 7.88. The predicted molar refractivity (Wildman–Crippen MR) is 85.5 cm³/mol. The predicted octanol–water partition coefficient (Wildman–Crippen LogP) is 2.95. The molecule has 2 aliphatic rings. The van der Waals surface area contributed by atoms with Crippen LogP contribution in [0.1, 0.15) is 37.7 Å². The molecular formula is C17H23ClN2O. The van der Waals surface area contributed by atoms with Crippen LogP contribution in [0.3, 0.4) is 0 Å². The highest BCUT2D eigenvalue weighted by Gasteiger charge is 2.44. The zero-order valence-corrected chi connectivity index (χ0v) is 13.2. The summed E-state index contributed by atoms with van der Waals surface area (Å²) >= 11 is 6.02. The molecular weight excluding hydrogens is 284 g/mol. The lowest BCUT2D eigenvalue weighted by atomic mass is 9.81. The fourth-order valence-electron chi connectivity index (χ4n) is 3.23. The molecule has 4 heteroatoms. The monoisotopic (exact) mass is 306 g/mol. The van der Waals surface area contributed by atoms with E-state index in [4.69, 9.17) is 11.6 Å². The Morgan fingerprint density at radius 3 is 2.90 bits per heavy atom. The van der Waals surface area contributed by atoms with E-state index < -0.39 is 0 Å². The molecule has 114 valence electrons. The van der Waals surface area contributed by atoms with Gasteiger partial charge in [-0.15, -0.1) is 0 Å². The smallest absolute Gasteiger partial charge is 0.223 e. The van der Waals surface area contributed by atoms with Crippen LogP contribution in [-0.4, -0.2) is 25.5 Å². The third-order valence-corrected chi connectivity index (χ3v) is 5.14. The molecule has 1 aliphatic carbocycles. The summed E-state index contributed by atoms with van der Waals surface area (Å²) in [6.45, 7) is 5.18. The van der Waals surface area contributed by atoms with Crippen LogP contribution in [0.25, 0.3) is 0 Å². The minimum Gasteiger partial charge on any atom is -0.355 e. The van der Waals surface area contributed by atoms with Crippen LogP contribution in [0, 0.1) is 11.3 Å². The van der Waals surface area contributed by atoms with E-state index in [1.807, 2.05) is 18.2 Å². The van der Waals surface area contributed by atoms with Gasteiger partial charge >= 0.3 is 0 Å². The number of hydrogen-bond acceptors (Lipinski definition) is 2. The summed E-state index contributed by atoms with van der Waals surface area (Å²) in [5.74, 6) is 0.693. The Balaban J connectivity index is 1.51. The number of halogens is 1. The van der Waals surface area contributed by atoms with Gasteiger partial charge in [0.05, 0.1) is 0 Å². The van der Waals surface area contributed by atoms with Crippen LogP contribution in [0.15, 0.2) is 24.3 Å². The van der Waals surface area contributed by atoms with Crippen molar-refractivity contribution in [1.29, 1.82) is 0 Å². The Hall–Kier alpha value is -1.06. The van der Waals surface area contributed by atoms with Gasteiger partial charge in [0.15, 0.2) is 0 Å². The number of carbonyl (C=O) groups is 1. The van der Waals surface area contributed by atoms with Gasteiger partial charge in [0, 0.05) is 17.5 Å². The molecule has 0 radical (unpaired) electrons. The molecule has 2 atom stereocenters. The molecule has 1 saturated heterocycles. The molecule has 1 aromatic carbocycles. The van der Waals surface area contributed by atoms with Crippen LogP contribution in [-0.2, 0) is 4.79 Å². The number of carbonyl (C=O) groups excluding carboxylic acids is 1. The van der Waals surface area contributed by atoms with Crippen molar-refractivity contribution in [3.05, 3.63) is 34.9 Å². The third kappa shape index (κ3) is 3.58. The van der Waals surface area contributed by atoms with E-state index in [0.717, 1.165) is 43.9 Å². The minimum atomic E-state index is 0.133. The van der Waals surface area contributed by atoms with Crippen LogP contribution in [0.2, 0.25) is 5.02 Å². The Bertz CT molecular complexity index is 525. The average molecular weight is 307 g/mol. The van der Waals surface area contributed by atoms with Crippen molar-refractivity contribution >= 4 is 17.5 Å². The maximum atomic E-state index is 12.3. The number of benzene rings is 1. The van der Waals surface area contributed by atoms with E-state index >= 15 is 0 Å². The molecule has 0 spiro atoms. The lowest BCUT2D eigenvalue weighted by Gasteiger charge is -2.34. The van der Waals surface area contributed by atoms with Crippen LogP contribution in [0.5, 0.6) is 0 Å². The van der Waals surface area contributed by atoms with Crippen molar-refractivity contribution in [2.75, 3.05) is 19.6 Å². The van der Waals surface area contributed by atoms with Gasteiger partial charge < -0.3 is 10.6 Å². The summed E-state index contributed by atoms with van der Waals surface area (Å²) in [5, 5.41) is 7.29. The van der Waals surface area contributed by atoms with E-state index in [1.54, 1.807) is 0 Å². The molecule has 3 rings (SSSR count). The van der Waals surface area contributed by atoms with Gasteiger partial charge in [-0.2, -0.15) is 0 Å². The highest BCUT2D eigenvalue weighted by Crippen LogP contribution is 2.48. The molecule has 2 N–H and O–H groups in total. The first-order chi connectivity index (χ1) is 10.1. The topological polar surface area (TPSA) is 41.1 Å². The summed E-state index contributed by atoms with van der Waals surface area (Å²) in [7, 11) is 0. The van der Waals surface area contributed by atoms with Crippen molar-refractivity contribution in [1.82, 2.24) is 10.6 Å². The molecule has 2 fully saturated rings. The first-order valence-electron chi connectivity index (χ1n) is 7.81. The molecule has 1 aromatic rings. The largest absolute Gasteiger partial charge is 0.355 e. The molecule has 1 heterocycles.